The van der Waals surface area contributed by atoms with Crippen molar-refractivity contribution in [2.75, 3.05) is 26.0 Å². The lowest BCUT2D eigenvalue weighted by Crippen LogP contribution is -2.48. The monoisotopic (exact) mass is 232 g/mol. The topological polar surface area (TPSA) is 64.4 Å². The number of nitrogens with two attached hydrogens (primary N) is 1. The van der Waals surface area contributed by atoms with Gasteiger partial charge >= 0.3 is 0 Å². The second-order valence-electron chi connectivity index (χ2n) is 4.01. The molecule has 1 fully saturated rings. The van der Waals surface area contributed by atoms with Crippen molar-refractivity contribution < 1.29 is 9.53 Å². The van der Waals surface area contributed by atoms with Gasteiger partial charge in [-0.15, -0.1) is 0 Å². The zero-order valence-corrected chi connectivity index (χ0v) is 10.2. The molecule has 1 heterocycles. The number of amides is 1. The van der Waals surface area contributed by atoms with Gasteiger partial charge < -0.3 is 15.8 Å². The summed E-state index contributed by atoms with van der Waals surface area (Å²) in [6.45, 7) is 3.97. The van der Waals surface area contributed by atoms with E-state index in [1.165, 1.54) is 0 Å². The van der Waals surface area contributed by atoms with Gasteiger partial charge in [0.1, 0.15) is 0 Å². The molecule has 0 radical (unpaired) electrons. The Morgan fingerprint density at radius 1 is 1.60 bits per heavy atom. The van der Waals surface area contributed by atoms with E-state index in [2.05, 4.69) is 11.6 Å². The second kappa shape index (κ2) is 5.72. The fourth-order valence-electron chi connectivity index (χ4n) is 1.61. The number of rotatable bonds is 4. The molecule has 3 N–H and O–H groups in total. The van der Waals surface area contributed by atoms with Crippen LogP contribution in [0.4, 0.5) is 0 Å². The van der Waals surface area contributed by atoms with Crippen molar-refractivity contribution in [3.05, 3.63) is 0 Å². The zero-order chi connectivity index (χ0) is 11.3. The molecule has 1 aliphatic rings. The van der Waals surface area contributed by atoms with Gasteiger partial charge in [-0.1, -0.05) is 0 Å². The minimum Gasteiger partial charge on any atom is -0.381 e. The maximum absolute atomic E-state index is 11.4. The highest BCUT2D eigenvalue weighted by Crippen LogP contribution is 2.32. The maximum Gasteiger partial charge on any atom is 0.236 e. The lowest BCUT2D eigenvalue weighted by Gasteiger charge is -2.35. The highest BCUT2D eigenvalue weighted by atomic mass is 32.2. The quantitative estimate of drug-likeness (QED) is 0.734. The van der Waals surface area contributed by atoms with Gasteiger partial charge in [-0.25, -0.2) is 0 Å². The molecule has 0 bridgehead atoms. The van der Waals surface area contributed by atoms with E-state index >= 15 is 0 Å². The van der Waals surface area contributed by atoms with Gasteiger partial charge in [0.15, 0.2) is 0 Å². The van der Waals surface area contributed by atoms with Gasteiger partial charge in [0.05, 0.1) is 6.04 Å². The van der Waals surface area contributed by atoms with Gasteiger partial charge in [-0.05, 0) is 26.0 Å². The first-order chi connectivity index (χ1) is 7.09. The van der Waals surface area contributed by atoms with E-state index in [-0.39, 0.29) is 10.7 Å². The second-order valence-corrected chi connectivity index (χ2v) is 5.28. The van der Waals surface area contributed by atoms with E-state index in [1.807, 2.05) is 11.8 Å². The van der Waals surface area contributed by atoms with Gasteiger partial charge in [-0.2, -0.15) is 11.8 Å². The fraction of sp³-hybridized carbons (Fsp3) is 0.900. The van der Waals surface area contributed by atoms with Crippen LogP contribution in [0.2, 0.25) is 0 Å². The summed E-state index contributed by atoms with van der Waals surface area (Å²) >= 11 is 1.81. The average Bonchev–Trinajstić information content (AvgIpc) is 2.27. The molecule has 0 aliphatic carbocycles. The van der Waals surface area contributed by atoms with Crippen LogP contribution in [0.25, 0.3) is 0 Å². The number of ether oxygens (including phenoxy) is 1. The molecule has 1 atom stereocenters. The Labute approximate surface area is 95.3 Å². The smallest absolute Gasteiger partial charge is 0.236 e. The molecule has 0 aromatic carbocycles. The Morgan fingerprint density at radius 3 is 2.67 bits per heavy atom. The minimum absolute atomic E-state index is 0.0742. The number of thioether (sulfide) groups is 1. The van der Waals surface area contributed by atoms with Crippen LogP contribution < -0.4 is 11.1 Å². The Hall–Kier alpha value is -0.260. The van der Waals surface area contributed by atoms with Crippen LogP contribution in [-0.2, 0) is 9.53 Å². The maximum atomic E-state index is 11.4. The third-order valence-corrected chi connectivity index (χ3v) is 4.25. The first kappa shape index (κ1) is 12.8. The molecule has 0 aromatic rings. The molecule has 15 heavy (non-hydrogen) atoms. The number of hydrogen-bond acceptors (Lipinski definition) is 4. The summed E-state index contributed by atoms with van der Waals surface area (Å²) in [5.41, 5.74) is 5.49. The van der Waals surface area contributed by atoms with Gasteiger partial charge in [-0.3, -0.25) is 4.79 Å². The van der Waals surface area contributed by atoms with Gasteiger partial charge in [0.25, 0.3) is 0 Å². The van der Waals surface area contributed by atoms with E-state index < -0.39 is 6.04 Å². The number of carbonyl (C=O) groups is 1. The normalized spacial score (nSPS) is 22.1. The fourth-order valence-corrected chi connectivity index (χ4v) is 2.40. The van der Waals surface area contributed by atoms with E-state index in [0.717, 1.165) is 26.1 Å². The summed E-state index contributed by atoms with van der Waals surface area (Å²) in [5.74, 6) is -0.0742. The Kier molecular flexibility index (Phi) is 4.89. The van der Waals surface area contributed by atoms with Crippen molar-refractivity contribution in [2.45, 2.75) is 30.6 Å². The van der Waals surface area contributed by atoms with Crippen molar-refractivity contribution in [3.63, 3.8) is 0 Å². The molecule has 88 valence electrons. The largest absolute Gasteiger partial charge is 0.381 e. The molecule has 0 aromatic heterocycles. The summed E-state index contributed by atoms with van der Waals surface area (Å²) in [6.07, 6.45) is 4.07. The summed E-state index contributed by atoms with van der Waals surface area (Å²) in [7, 11) is 0. The zero-order valence-electron chi connectivity index (χ0n) is 9.41. The van der Waals surface area contributed by atoms with E-state index in [0.29, 0.717) is 6.54 Å². The summed E-state index contributed by atoms with van der Waals surface area (Å²) < 4.78 is 5.47. The van der Waals surface area contributed by atoms with Crippen molar-refractivity contribution in [3.8, 4) is 0 Å². The van der Waals surface area contributed by atoms with Crippen molar-refractivity contribution in [1.82, 2.24) is 5.32 Å². The predicted molar refractivity (Wildman–Crippen MR) is 63.0 cm³/mol. The lowest BCUT2D eigenvalue weighted by atomic mass is 9.99. The van der Waals surface area contributed by atoms with E-state index in [1.54, 1.807) is 6.92 Å². The number of nitrogens with one attached hydrogen (secondary N) is 1. The molecule has 5 heteroatoms. The first-order valence-electron chi connectivity index (χ1n) is 5.26. The van der Waals surface area contributed by atoms with Crippen molar-refractivity contribution >= 4 is 17.7 Å². The molecule has 0 saturated carbocycles. The highest BCUT2D eigenvalue weighted by Gasteiger charge is 2.32. The Bertz CT molecular complexity index is 215. The molecule has 0 unspecified atom stereocenters. The van der Waals surface area contributed by atoms with E-state index in [4.69, 9.17) is 10.5 Å². The van der Waals surface area contributed by atoms with Crippen LogP contribution in [0.5, 0.6) is 0 Å². The summed E-state index contributed by atoms with van der Waals surface area (Å²) in [4.78, 5) is 11.4. The van der Waals surface area contributed by atoms with Crippen LogP contribution in [0, 0.1) is 0 Å². The Morgan fingerprint density at radius 2 is 2.20 bits per heavy atom. The molecule has 4 nitrogen and oxygen atoms in total. The molecule has 1 aliphatic heterocycles. The minimum atomic E-state index is -0.427. The number of carbonyl (C=O) groups excluding carboxylic acids is 1. The van der Waals surface area contributed by atoms with Crippen LogP contribution in [-0.4, -0.2) is 42.7 Å². The van der Waals surface area contributed by atoms with Crippen molar-refractivity contribution in [2.24, 2.45) is 5.73 Å². The third-order valence-electron chi connectivity index (χ3n) is 2.84. The van der Waals surface area contributed by atoms with Crippen molar-refractivity contribution in [1.29, 1.82) is 0 Å². The van der Waals surface area contributed by atoms with E-state index in [9.17, 15) is 4.79 Å². The SMILES string of the molecule is CSC1(CNC(=O)[C@H](C)N)CCOCC1. The highest BCUT2D eigenvalue weighted by molar-refractivity contribution is 8.00. The molecule has 1 rings (SSSR count). The van der Waals surface area contributed by atoms with Gasteiger partial charge in [0, 0.05) is 24.5 Å². The first-order valence-corrected chi connectivity index (χ1v) is 6.48. The molecular weight excluding hydrogens is 212 g/mol. The molecular formula is C10H20N2O2S. The third kappa shape index (κ3) is 3.66. The lowest BCUT2D eigenvalue weighted by molar-refractivity contribution is -0.122. The average molecular weight is 232 g/mol. The standard InChI is InChI=1S/C10H20N2O2S/c1-8(11)9(13)12-7-10(15-2)3-5-14-6-4-10/h8H,3-7,11H2,1-2H3,(H,12,13)/t8-/m0/s1. The molecule has 1 amide bonds. The van der Waals surface area contributed by atoms with Crippen LogP contribution in [0.15, 0.2) is 0 Å². The molecule has 1 saturated heterocycles. The molecule has 0 spiro atoms. The summed E-state index contributed by atoms with van der Waals surface area (Å²) in [6, 6.07) is -0.427. The number of hydrogen-bond donors (Lipinski definition) is 2. The summed E-state index contributed by atoms with van der Waals surface area (Å²) in [5, 5.41) is 2.90. The van der Waals surface area contributed by atoms with Crippen LogP contribution in [0.1, 0.15) is 19.8 Å². The van der Waals surface area contributed by atoms with Gasteiger partial charge in [0.2, 0.25) is 5.91 Å². The van der Waals surface area contributed by atoms with Crippen LogP contribution in [0.3, 0.4) is 0 Å². The Balaban J connectivity index is 2.42. The van der Waals surface area contributed by atoms with Crippen LogP contribution >= 0.6 is 11.8 Å². The predicted octanol–water partition coefficient (Wildman–Crippen LogP) is 0.362.